The number of rotatable bonds is 5. The quantitative estimate of drug-likeness (QED) is 0.615. The maximum Gasteiger partial charge on any atom is 0.151 e. The van der Waals surface area contributed by atoms with Crippen molar-refractivity contribution in [3.63, 3.8) is 0 Å². The summed E-state index contributed by atoms with van der Waals surface area (Å²) < 4.78 is 22.0. The lowest BCUT2D eigenvalue weighted by Gasteiger charge is -1.98. The van der Waals surface area contributed by atoms with E-state index in [0.29, 0.717) is 6.42 Å². The normalized spacial score (nSPS) is 12.5. The lowest BCUT2D eigenvalue weighted by Crippen LogP contribution is -2.18. The van der Waals surface area contributed by atoms with Crippen LogP contribution in [0.4, 0.5) is 0 Å². The summed E-state index contributed by atoms with van der Waals surface area (Å²) in [5.41, 5.74) is 5.12. The van der Waals surface area contributed by atoms with Crippen molar-refractivity contribution < 1.29 is 8.42 Å². The minimum absolute atomic E-state index is 0.102. The minimum Gasteiger partial charge on any atom is -0.329 e. The van der Waals surface area contributed by atoms with Gasteiger partial charge in [-0.3, -0.25) is 0 Å². The highest BCUT2D eigenvalue weighted by Crippen LogP contribution is 1.93. The van der Waals surface area contributed by atoms with E-state index in [9.17, 15) is 8.42 Å². The van der Waals surface area contributed by atoms with E-state index in [1.165, 1.54) is 0 Å². The molecular formula is C7H15NO2S. The van der Waals surface area contributed by atoms with Gasteiger partial charge in [-0.1, -0.05) is 12.2 Å². The first-order valence-electron chi connectivity index (χ1n) is 3.64. The van der Waals surface area contributed by atoms with Crippen LogP contribution in [0.2, 0.25) is 0 Å². The maximum absolute atomic E-state index is 11.0. The van der Waals surface area contributed by atoms with Crippen LogP contribution in [0.15, 0.2) is 12.2 Å². The zero-order valence-corrected chi connectivity index (χ0v) is 7.60. The van der Waals surface area contributed by atoms with Gasteiger partial charge in [0.15, 0.2) is 9.84 Å². The zero-order chi connectivity index (χ0) is 8.74. The monoisotopic (exact) mass is 177 g/mol. The molecule has 0 aliphatic heterocycles. The molecule has 0 bridgehead atoms. The molecule has 2 N–H and O–H groups in total. The summed E-state index contributed by atoms with van der Waals surface area (Å²) in [6.45, 7) is 2.09. The summed E-state index contributed by atoms with van der Waals surface area (Å²) >= 11 is 0. The molecule has 0 atom stereocenters. The number of nitrogens with two attached hydrogens (primary N) is 1. The summed E-state index contributed by atoms with van der Waals surface area (Å²) in [4.78, 5) is 0. The number of sulfone groups is 1. The average Bonchev–Trinajstić information content (AvgIpc) is 1.87. The second-order valence-corrected chi connectivity index (χ2v) is 4.60. The summed E-state index contributed by atoms with van der Waals surface area (Å²) in [6.07, 6.45) is 4.28. The summed E-state index contributed by atoms with van der Waals surface area (Å²) in [5, 5.41) is 0. The second-order valence-electron chi connectivity index (χ2n) is 2.30. The Morgan fingerprint density at radius 3 is 2.45 bits per heavy atom. The van der Waals surface area contributed by atoms with Crippen molar-refractivity contribution in [2.45, 2.75) is 13.3 Å². The average molecular weight is 177 g/mol. The third-order valence-corrected chi connectivity index (χ3v) is 2.98. The molecule has 0 amide bonds. The lowest BCUT2D eigenvalue weighted by molar-refractivity contribution is 0.595. The predicted octanol–water partition coefficient (Wildman–Crippen LogP) is 0.326. The van der Waals surface area contributed by atoms with Crippen molar-refractivity contribution >= 4 is 9.84 Å². The molecular weight excluding hydrogens is 162 g/mol. The molecule has 0 radical (unpaired) electrons. The van der Waals surface area contributed by atoms with Crippen molar-refractivity contribution in [1.29, 1.82) is 0 Å². The second kappa shape index (κ2) is 5.32. The molecule has 0 aliphatic rings. The first kappa shape index (κ1) is 10.7. The smallest absolute Gasteiger partial charge is 0.151 e. The SMILES string of the molecule is C/C=C/CCS(=O)(=O)CCN. The Bertz CT molecular complexity index is 206. The predicted molar refractivity (Wildman–Crippen MR) is 47.1 cm³/mol. The molecule has 0 saturated carbocycles. The standard InChI is InChI=1S/C7H15NO2S/c1-2-3-4-6-11(9,10)7-5-8/h2-3H,4-8H2,1H3/b3-2+. The van der Waals surface area contributed by atoms with Crippen molar-refractivity contribution in [3.8, 4) is 0 Å². The van der Waals surface area contributed by atoms with E-state index in [2.05, 4.69) is 0 Å². The third-order valence-electron chi connectivity index (χ3n) is 1.26. The van der Waals surface area contributed by atoms with E-state index < -0.39 is 9.84 Å². The summed E-state index contributed by atoms with van der Waals surface area (Å²) in [6, 6.07) is 0. The van der Waals surface area contributed by atoms with Crippen LogP contribution in [0.1, 0.15) is 13.3 Å². The molecule has 0 aromatic carbocycles. The van der Waals surface area contributed by atoms with Crippen LogP contribution in [0.3, 0.4) is 0 Å². The van der Waals surface area contributed by atoms with Gasteiger partial charge in [-0.15, -0.1) is 0 Å². The molecule has 11 heavy (non-hydrogen) atoms. The van der Waals surface area contributed by atoms with Gasteiger partial charge in [-0.2, -0.15) is 0 Å². The molecule has 3 nitrogen and oxygen atoms in total. The molecule has 0 aromatic heterocycles. The van der Waals surface area contributed by atoms with Gasteiger partial charge in [0.1, 0.15) is 0 Å². The lowest BCUT2D eigenvalue weighted by atomic mass is 10.4. The highest BCUT2D eigenvalue weighted by atomic mass is 32.2. The molecule has 0 aliphatic carbocycles. The highest BCUT2D eigenvalue weighted by Gasteiger charge is 2.06. The highest BCUT2D eigenvalue weighted by molar-refractivity contribution is 7.91. The van der Waals surface area contributed by atoms with Crippen molar-refractivity contribution in [3.05, 3.63) is 12.2 Å². The van der Waals surface area contributed by atoms with Gasteiger partial charge in [-0.05, 0) is 13.3 Å². The Kier molecular flexibility index (Phi) is 5.15. The van der Waals surface area contributed by atoms with Crippen molar-refractivity contribution in [1.82, 2.24) is 0 Å². The van der Waals surface area contributed by atoms with E-state index in [0.717, 1.165) is 0 Å². The van der Waals surface area contributed by atoms with Gasteiger partial charge < -0.3 is 5.73 Å². The maximum atomic E-state index is 11.0. The molecule has 0 unspecified atom stereocenters. The van der Waals surface area contributed by atoms with Crippen LogP contribution in [0.25, 0.3) is 0 Å². The van der Waals surface area contributed by atoms with Gasteiger partial charge in [0.05, 0.1) is 11.5 Å². The number of allylic oxidation sites excluding steroid dienone is 2. The van der Waals surface area contributed by atoms with Crippen LogP contribution in [-0.2, 0) is 9.84 Å². The van der Waals surface area contributed by atoms with Crippen LogP contribution < -0.4 is 5.73 Å². The fourth-order valence-electron chi connectivity index (χ4n) is 0.696. The van der Waals surface area contributed by atoms with E-state index >= 15 is 0 Å². The zero-order valence-electron chi connectivity index (χ0n) is 6.79. The number of hydrogen-bond acceptors (Lipinski definition) is 3. The number of hydrogen-bond donors (Lipinski definition) is 1. The molecule has 66 valence electrons. The summed E-state index contributed by atoms with van der Waals surface area (Å²) in [5.74, 6) is 0.319. The third kappa shape index (κ3) is 6.06. The van der Waals surface area contributed by atoms with Gasteiger partial charge >= 0.3 is 0 Å². The molecule has 0 heterocycles. The van der Waals surface area contributed by atoms with Crippen molar-refractivity contribution in [2.24, 2.45) is 5.73 Å². The first-order valence-corrected chi connectivity index (χ1v) is 5.46. The minimum atomic E-state index is -2.88. The van der Waals surface area contributed by atoms with Gasteiger partial charge in [0.2, 0.25) is 0 Å². The van der Waals surface area contributed by atoms with Crippen LogP contribution >= 0.6 is 0 Å². The van der Waals surface area contributed by atoms with E-state index in [-0.39, 0.29) is 18.1 Å². The van der Waals surface area contributed by atoms with E-state index in [1.54, 1.807) is 0 Å². The topological polar surface area (TPSA) is 60.2 Å². The molecule has 0 rings (SSSR count). The van der Waals surface area contributed by atoms with Crippen LogP contribution in [0.5, 0.6) is 0 Å². The van der Waals surface area contributed by atoms with Gasteiger partial charge in [0, 0.05) is 6.54 Å². The largest absolute Gasteiger partial charge is 0.329 e. The molecule has 0 spiro atoms. The van der Waals surface area contributed by atoms with Gasteiger partial charge in [0.25, 0.3) is 0 Å². The molecule has 4 heteroatoms. The fourth-order valence-corrected chi connectivity index (χ4v) is 1.75. The fraction of sp³-hybridized carbons (Fsp3) is 0.714. The van der Waals surface area contributed by atoms with E-state index in [4.69, 9.17) is 5.73 Å². The first-order chi connectivity index (χ1) is 5.12. The Hall–Kier alpha value is -0.350. The Balaban J connectivity index is 3.74. The molecule has 0 fully saturated rings. The van der Waals surface area contributed by atoms with Crippen LogP contribution in [0, 0.1) is 0 Å². The Morgan fingerprint density at radius 1 is 1.36 bits per heavy atom. The molecule has 0 aromatic rings. The molecule has 0 saturated heterocycles. The van der Waals surface area contributed by atoms with Crippen LogP contribution in [-0.4, -0.2) is 26.5 Å². The van der Waals surface area contributed by atoms with E-state index in [1.807, 2.05) is 19.1 Å². The Labute approximate surface area is 68.2 Å². The van der Waals surface area contributed by atoms with Gasteiger partial charge in [-0.25, -0.2) is 8.42 Å². The summed E-state index contributed by atoms with van der Waals surface area (Å²) in [7, 11) is -2.88. The Morgan fingerprint density at radius 2 is 2.00 bits per heavy atom. The van der Waals surface area contributed by atoms with Crippen molar-refractivity contribution in [2.75, 3.05) is 18.1 Å².